The molecule has 2 aromatic heterocycles. The summed E-state index contributed by atoms with van der Waals surface area (Å²) >= 11 is 1.35. The summed E-state index contributed by atoms with van der Waals surface area (Å²) in [5.74, 6) is 0. The number of fused-ring (bicyclic) bond motifs is 1. The second-order valence-corrected chi connectivity index (χ2v) is 4.56. The van der Waals surface area contributed by atoms with Crippen LogP contribution < -0.4 is 5.56 Å². The average Bonchev–Trinajstić information content (AvgIpc) is 2.61. The molecule has 0 aliphatic carbocycles. The normalized spacial score (nSPS) is 13.7. The van der Waals surface area contributed by atoms with Crippen LogP contribution in [0.5, 0.6) is 0 Å². The number of allylic oxidation sites excluding steroid dienone is 1. The maximum Gasteiger partial charge on any atom is 0.248 e. The predicted octanol–water partition coefficient (Wildman–Crippen LogP) is 2.29. The van der Waals surface area contributed by atoms with Gasteiger partial charge in [0.2, 0.25) is 5.56 Å². The molecule has 1 N–H and O–H groups in total. The van der Waals surface area contributed by atoms with Crippen LogP contribution in [-0.4, -0.2) is 16.2 Å². The molecule has 0 fully saturated rings. The van der Waals surface area contributed by atoms with Crippen molar-refractivity contribution in [1.82, 2.24) is 9.97 Å². The summed E-state index contributed by atoms with van der Waals surface area (Å²) in [7, 11) is 0. The lowest BCUT2D eigenvalue weighted by molar-refractivity contribution is 1.13. The molecule has 0 saturated heterocycles. The number of nitrogens with zero attached hydrogens (tertiary/aromatic N) is 2. The number of hydrogen-bond acceptors (Lipinski definition) is 4. The molecule has 0 radical (unpaired) electrons. The van der Waals surface area contributed by atoms with Gasteiger partial charge >= 0.3 is 0 Å². The van der Waals surface area contributed by atoms with Gasteiger partial charge in [-0.3, -0.25) is 9.78 Å². The number of rotatable bonds is 1. The van der Waals surface area contributed by atoms with Crippen LogP contribution in [0, 0.1) is 0 Å². The van der Waals surface area contributed by atoms with Crippen molar-refractivity contribution in [3.63, 3.8) is 0 Å². The zero-order valence-corrected chi connectivity index (χ0v) is 10.1. The second kappa shape index (κ2) is 4.62. The summed E-state index contributed by atoms with van der Waals surface area (Å²) < 4.78 is 4.20. The van der Waals surface area contributed by atoms with Crippen LogP contribution in [-0.2, 0) is 0 Å². The predicted molar refractivity (Wildman–Crippen MR) is 72.7 cm³/mol. The molecule has 18 heavy (non-hydrogen) atoms. The fraction of sp³-hybridized carbons (Fsp3) is 0. The van der Waals surface area contributed by atoms with Gasteiger partial charge in [0, 0.05) is 42.2 Å². The van der Waals surface area contributed by atoms with Crippen LogP contribution in [0.3, 0.4) is 0 Å². The molecule has 3 heterocycles. The SMILES string of the molecule is O=c1ccc2c([nH]1)C(c1ccncc1)=CC=NS2. The number of pyridine rings is 2. The molecule has 1 aliphatic heterocycles. The molecule has 0 unspecified atom stereocenters. The standard InChI is InChI=1S/C13H9N3OS/c17-12-2-1-11-13(16-12)10(5-8-15-18-11)9-3-6-14-7-4-9/h1-8H,(H,16,17). The van der Waals surface area contributed by atoms with Gasteiger partial charge in [0.15, 0.2) is 0 Å². The monoisotopic (exact) mass is 255 g/mol. The van der Waals surface area contributed by atoms with E-state index in [4.69, 9.17) is 0 Å². The van der Waals surface area contributed by atoms with E-state index in [0.29, 0.717) is 0 Å². The Kier molecular flexibility index (Phi) is 2.82. The van der Waals surface area contributed by atoms with Gasteiger partial charge in [-0.2, -0.15) is 0 Å². The van der Waals surface area contributed by atoms with E-state index < -0.39 is 0 Å². The first-order valence-electron chi connectivity index (χ1n) is 5.39. The minimum atomic E-state index is -0.115. The molecule has 0 atom stereocenters. The molecule has 1 aliphatic rings. The number of hydrogen-bond donors (Lipinski definition) is 1. The Morgan fingerprint density at radius 3 is 2.78 bits per heavy atom. The third-order valence-electron chi connectivity index (χ3n) is 2.59. The van der Waals surface area contributed by atoms with Gasteiger partial charge in [0.1, 0.15) is 0 Å². The fourth-order valence-electron chi connectivity index (χ4n) is 1.78. The summed E-state index contributed by atoms with van der Waals surface area (Å²) in [5, 5.41) is 0. The lowest BCUT2D eigenvalue weighted by Gasteiger charge is -2.08. The number of H-pyrrole nitrogens is 1. The van der Waals surface area contributed by atoms with E-state index in [1.54, 1.807) is 24.7 Å². The van der Waals surface area contributed by atoms with Gasteiger partial charge in [0.05, 0.1) is 10.6 Å². The van der Waals surface area contributed by atoms with Crippen molar-refractivity contribution < 1.29 is 0 Å². The summed E-state index contributed by atoms with van der Waals surface area (Å²) in [5.41, 5.74) is 2.63. The van der Waals surface area contributed by atoms with Gasteiger partial charge < -0.3 is 4.98 Å². The van der Waals surface area contributed by atoms with Crippen molar-refractivity contribution in [2.24, 2.45) is 4.40 Å². The molecule has 0 amide bonds. The van der Waals surface area contributed by atoms with Crippen molar-refractivity contribution in [1.29, 1.82) is 0 Å². The Hall–Kier alpha value is -2.14. The van der Waals surface area contributed by atoms with Crippen LogP contribution >= 0.6 is 11.9 Å². The molecule has 4 nitrogen and oxygen atoms in total. The number of aromatic amines is 1. The Morgan fingerprint density at radius 1 is 1.11 bits per heavy atom. The molecular weight excluding hydrogens is 246 g/mol. The summed E-state index contributed by atoms with van der Waals surface area (Å²) in [6, 6.07) is 7.11. The van der Waals surface area contributed by atoms with Crippen LogP contribution in [0.25, 0.3) is 5.57 Å². The maximum absolute atomic E-state index is 11.5. The minimum Gasteiger partial charge on any atom is -0.321 e. The highest BCUT2D eigenvalue weighted by atomic mass is 32.2. The molecule has 88 valence electrons. The highest BCUT2D eigenvalue weighted by Gasteiger charge is 2.13. The largest absolute Gasteiger partial charge is 0.321 e. The molecule has 0 bridgehead atoms. The molecule has 3 rings (SSSR count). The van der Waals surface area contributed by atoms with Crippen LogP contribution in [0.15, 0.2) is 56.8 Å². The van der Waals surface area contributed by atoms with Crippen LogP contribution in [0.2, 0.25) is 0 Å². The Labute approximate surface area is 108 Å². The summed E-state index contributed by atoms with van der Waals surface area (Å²) in [6.45, 7) is 0. The molecule has 0 aromatic carbocycles. The Morgan fingerprint density at radius 2 is 1.94 bits per heavy atom. The van der Waals surface area contributed by atoms with Gasteiger partial charge in [-0.1, -0.05) is 0 Å². The van der Waals surface area contributed by atoms with Crippen molar-refractivity contribution in [2.75, 3.05) is 0 Å². The third kappa shape index (κ3) is 2.00. The first kappa shape index (κ1) is 11.0. The fourth-order valence-corrected chi connectivity index (χ4v) is 2.40. The summed E-state index contributed by atoms with van der Waals surface area (Å²) in [4.78, 5) is 19.3. The van der Waals surface area contributed by atoms with E-state index in [1.807, 2.05) is 18.2 Å². The van der Waals surface area contributed by atoms with Gasteiger partial charge in [-0.05, 0) is 29.8 Å². The Bertz CT molecular complexity index is 689. The molecule has 5 heteroatoms. The zero-order valence-electron chi connectivity index (χ0n) is 9.33. The molecule has 0 spiro atoms. The smallest absolute Gasteiger partial charge is 0.248 e. The van der Waals surface area contributed by atoms with Crippen molar-refractivity contribution in [3.8, 4) is 0 Å². The number of aromatic nitrogens is 2. The van der Waals surface area contributed by atoms with E-state index in [2.05, 4.69) is 14.4 Å². The second-order valence-electron chi connectivity index (χ2n) is 3.72. The Balaban J connectivity index is 2.22. The maximum atomic E-state index is 11.5. The van der Waals surface area contributed by atoms with Crippen molar-refractivity contribution in [3.05, 3.63) is 64.3 Å². The zero-order chi connectivity index (χ0) is 12.4. The van der Waals surface area contributed by atoms with E-state index in [9.17, 15) is 4.79 Å². The van der Waals surface area contributed by atoms with Crippen LogP contribution in [0.1, 0.15) is 11.3 Å². The topological polar surface area (TPSA) is 58.1 Å². The first-order chi connectivity index (χ1) is 8.84. The van der Waals surface area contributed by atoms with E-state index in [0.717, 1.165) is 21.7 Å². The number of nitrogens with one attached hydrogen (secondary N) is 1. The average molecular weight is 255 g/mol. The summed E-state index contributed by atoms with van der Waals surface area (Å²) in [6.07, 6.45) is 7.08. The van der Waals surface area contributed by atoms with Crippen molar-refractivity contribution >= 4 is 23.7 Å². The highest BCUT2D eigenvalue weighted by molar-refractivity contribution is 7.98. The van der Waals surface area contributed by atoms with Gasteiger partial charge in [-0.25, -0.2) is 4.40 Å². The molecular formula is C13H9N3OS. The van der Waals surface area contributed by atoms with Gasteiger partial charge in [-0.15, -0.1) is 0 Å². The van der Waals surface area contributed by atoms with Crippen molar-refractivity contribution in [2.45, 2.75) is 4.90 Å². The van der Waals surface area contributed by atoms with Gasteiger partial charge in [0.25, 0.3) is 0 Å². The van der Waals surface area contributed by atoms with Crippen LogP contribution in [0.4, 0.5) is 0 Å². The first-order valence-corrected chi connectivity index (χ1v) is 6.17. The lowest BCUT2D eigenvalue weighted by Crippen LogP contribution is -2.08. The lowest BCUT2D eigenvalue weighted by atomic mass is 10.0. The van der Waals surface area contributed by atoms with E-state index >= 15 is 0 Å². The third-order valence-corrected chi connectivity index (χ3v) is 3.36. The minimum absolute atomic E-state index is 0.115. The molecule has 2 aromatic rings. The quantitative estimate of drug-likeness (QED) is 0.795. The highest BCUT2D eigenvalue weighted by Crippen LogP contribution is 2.31. The van der Waals surface area contributed by atoms with E-state index in [-0.39, 0.29) is 5.56 Å². The molecule has 0 saturated carbocycles. The van der Waals surface area contributed by atoms with E-state index in [1.165, 1.54) is 18.0 Å².